The van der Waals surface area contributed by atoms with Gasteiger partial charge in [-0.2, -0.15) is 0 Å². The number of carboxylic acids is 1. The Morgan fingerprint density at radius 3 is 2.42 bits per heavy atom. The third kappa shape index (κ3) is 3.69. The summed E-state index contributed by atoms with van der Waals surface area (Å²) >= 11 is 0. The second-order valence-corrected chi connectivity index (χ2v) is 4.52. The fraction of sp³-hybridized carbons (Fsp3) is 0.417. The van der Waals surface area contributed by atoms with Gasteiger partial charge in [0.1, 0.15) is 11.6 Å². The fourth-order valence-corrected chi connectivity index (χ4v) is 2.17. The van der Waals surface area contributed by atoms with E-state index in [-0.39, 0.29) is 36.4 Å². The molecule has 1 aromatic carbocycles. The van der Waals surface area contributed by atoms with Gasteiger partial charge in [0.25, 0.3) is 0 Å². The van der Waals surface area contributed by atoms with Crippen LogP contribution in [0.3, 0.4) is 0 Å². The number of carbonyl (C=O) groups is 1. The van der Waals surface area contributed by atoms with Gasteiger partial charge in [-0.1, -0.05) is 0 Å². The molecule has 0 saturated heterocycles. The first kappa shape index (κ1) is 17.9. The molecule has 2 rings (SSSR count). The van der Waals surface area contributed by atoms with Crippen molar-refractivity contribution in [1.29, 1.82) is 0 Å². The molecule has 0 radical (unpaired) electrons. The average Bonchev–Trinajstić information content (AvgIpc) is 3.01. The van der Waals surface area contributed by atoms with E-state index in [2.05, 4.69) is 0 Å². The Balaban J connectivity index is 0.00000162. The number of rotatable bonds is 4. The van der Waals surface area contributed by atoms with Crippen LogP contribution in [0.25, 0.3) is 0 Å². The second-order valence-electron chi connectivity index (χ2n) is 4.52. The Labute approximate surface area is 121 Å². The van der Waals surface area contributed by atoms with Crippen molar-refractivity contribution in [3.63, 3.8) is 0 Å². The minimum absolute atomic E-state index is 0. The van der Waals surface area contributed by atoms with Gasteiger partial charge in [-0.25, -0.2) is 8.78 Å². The quantitative estimate of drug-likeness (QED) is 0.554. The molecule has 4 nitrogen and oxygen atoms in total. The van der Waals surface area contributed by atoms with Crippen LogP contribution in [0.15, 0.2) is 12.1 Å². The van der Waals surface area contributed by atoms with E-state index in [1.54, 1.807) is 0 Å². The first-order valence-electron chi connectivity index (χ1n) is 5.41. The predicted octanol–water partition coefficient (Wildman–Crippen LogP) is -0.729. The number of nitrogens with two attached hydrogens (primary N) is 1. The molecule has 0 heterocycles. The predicted molar refractivity (Wildman–Crippen MR) is 60.5 cm³/mol. The number of hydrogen-bond donors (Lipinski definition) is 2. The summed E-state index contributed by atoms with van der Waals surface area (Å²) in [4.78, 5) is 10.5. The summed E-state index contributed by atoms with van der Waals surface area (Å²) in [5, 5.41) is 8.65. The summed E-state index contributed by atoms with van der Waals surface area (Å²) in [5.41, 5.74) is 5.51. The van der Waals surface area contributed by atoms with Crippen molar-refractivity contribution in [2.24, 2.45) is 0 Å². The average molecular weight is 265 g/mol. The molecule has 1 fully saturated rings. The molecule has 4 N–H and O–H groups in total. The maximum Gasteiger partial charge on any atom is 1.00 e. The van der Waals surface area contributed by atoms with Gasteiger partial charge >= 0.3 is 24.8 Å². The van der Waals surface area contributed by atoms with E-state index in [1.165, 1.54) is 6.07 Å². The topological polar surface area (TPSA) is 93.3 Å². The zero-order valence-electron chi connectivity index (χ0n) is 10.6. The van der Waals surface area contributed by atoms with Crippen molar-refractivity contribution in [1.82, 2.24) is 0 Å². The number of aliphatic carboxylic acids is 1. The van der Waals surface area contributed by atoms with Crippen LogP contribution in [-0.2, 0) is 10.2 Å². The van der Waals surface area contributed by atoms with Crippen molar-refractivity contribution in [2.45, 2.75) is 31.1 Å². The van der Waals surface area contributed by atoms with Crippen LogP contribution in [0.5, 0.6) is 0 Å². The summed E-state index contributed by atoms with van der Waals surface area (Å²) < 4.78 is 26.5. The van der Waals surface area contributed by atoms with E-state index >= 15 is 0 Å². The molecule has 100 valence electrons. The molecule has 7 heteroatoms. The van der Waals surface area contributed by atoms with Crippen molar-refractivity contribution in [3.8, 4) is 0 Å². The number of hydrogen-bond acceptors (Lipinski definition) is 3. The molecule has 0 unspecified atom stereocenters. The molecule has 1 aliphatic rings. The Kier molecular flexibility index (Phi) is 6.01. The van der Waals surface area contributed by atoms with Crippen LogP contribution in [0.2, 0.25) is 0 Å². The standard InChI is InChI=1S/C12H13F2NO2.Li.H2O/c13-7-5-8(11(15)9(14)6-7)12(3-4-12)2-1-10(16)17;;/h5-6H,1-4,15H2,(H,16,17);;1H2/q;+1;/p-1. The zero-order chi connectivity index (χ0) is 12.6. The SMILES string of the molecule is Nc1c(F)cc(F)cc1C1(CCC(=O)O)CC1.[Li+].[OH-]. The summed E-state index contributed by atoms with van der Waals surface area (Å²) in [7, 11) is 0. The van der Waals surface area contributed by atoms with Crippen LogP contribution < -0.4 is 24.6 Å². The molecule has 0 atom stereocenters. The molecule has 1 aliphatic carbocycles. The number of halogens is 2. The monoisotopic (exact) mass is 265 g/mol. The largest absolute Gasteiger partial charge is 1.00 e. The van der Waals surface area contributed by atoms with Crippen LogP contribution in [0.4, 0.5) is 14.5 Å². The van der Waals surface area contributed by atoms with Crippen molar-refractivity contribution >= 4 is 11.7 Å². The summed E-state index contributed by atoms with van der Waals surface area (Å²) in [6.45, 7) is 0. The maximum absolute atomic E-state index is 13.3. The van der Waals surface area contributed by atoms with E-state index in [0.29, 0.717) is 12.0 Å². The van der Waals surface area contributed by atoms with E-state index < -0.39 is 23.0 Å². The number of benzene rings is 1. The first-order chi connectivity index (χ1) is 7.94. The molecule has 19 heavy (non-hydrogen) atoms. The van der Waals surface area contributed by atoms with Gasteiger partial charge < -0.3 is 16.3 Å². The minimum Gasteiger partial charge on any atom is -0.870 e. The van der Waals surface area contributed by atoms with Crippen molar-refractivity contribution < 1.29 is 43.0 Å². The molecular weight excluding hydrogens is 251 g/mol. The van der Waals surface area contributed by atoms with Gasteiger partial charge in [0, 0.05) is 12.5 Å². The maximum atomic E-state index is 13.3. The van der Waals surface area contributed by atoms with E-state index in [1.807, 2.05) is 0 Å². The second kappa shape index (κ2) is 6.37. The van der Waals surface area contributed by atoms with Crippen LogP contribution >= 0.6 is 0 Å². The minimum atomic E-state index is -0.910. The third-order valence-electron chi connectivity index (χ3n) is 3.34. The number of anilines is 1. The Morgan fingerprint density at radius 2 is 1.95 bits per heavy atom. The fourth-order valence-electron chi connectivity index (χ4n) is 2.17. The molecule has 0 aromatic heterocycles. The van der Waals surface area contributed by atoms with Gasteiger partial charge in [0.2, 0.25) is 0 Å². The van der Waals surface area contributed by atoms with Gasteiger partial charge in [0.05, 0.1) is 5.69 Å². The normalized spacial score (nSPS) is 15.1. The molecule has 1 aromatic rings. The molecule has 0 spiro atoms. The van der Waals surface area contributed by atoms with E-state index in [4.69, 9.17) is 10.8 Å². The molecule has 0 aliphatic heterocycles. The van der Waals surface area contributed by atoms with Gasteiger partial charge in [-0.3, -0.25) is 4.79 Å². The van der Waals surface area contributed by atoms with Crippen LogP contribution in [0.1, 0.15) is 31.2 Å². The van der Waals surface area contributed by atoms with E-state index in [9.17, 15) is 13.6 Å². The third-order valence-corrected chi connectivity index (χ3v) is 3.34. The summed E-state index contributed by atoms with van der Waals surface area (Å²) in [5.74, 6) is -2.36. The number of carboxylic acid groups (broad SMARTS) is 1. The van der Waals surface area contributed by atoms with Crippen molar-refractivity contribution in [2.75, 3.05) is 5.73 Å². The summed E-state index contributed by atoms with van der Waals surface area (Å²) in [6, 6.07) is 1.96. The Hall–Kier alpha value is -1.09. The smallest absolute Gasteiger partial charge is 0.870 e. The molecule has 0 amide bonds. The van der Waals surface area contributed by atoms with Gasteiger partial charge in [0.15, 0.2) is 0 Å². The molecular formula is C12H14F2LiNO3. The van der Waals surface area contributed by atoms with Gasteiger partial charge in [-0.05, 0) is 36.3 Å². The van der Waals surface area contributed by atoms with E-state index in [0.717, 1.165) is 18.9 Å². The zero-order valence-corrected chi connectivity index (χ0v) is 10.6. The van der Waals surface area contributed by atoms with Crippen LogP contribution in [-0.4, -0.2) is 16.6 Å². The first-order valence-corrected chi connectivity index (χ1v) is 5.41. The summed E-state index contributed by atoms with van der Waals surface area (Å²) in [6.07, 6.45) is 1.81. The Bertz CT molecular complexity index is 478. The van der Waals surface area contributed by atoms with Gasteiger partial charge in [-0.15, -0.1) is 0 Å². The van der Waals surface area contributed by atoms with Crippen LogP contribution in [0, 0.1) is 11.6 Å². The number of nitrogen functional groups attached to an aromatic ring is 1. The Morgan fingerprint density at radius 1 is 1.37 bits per heavy atom. The molecule has 1 saturated carbocycles. The van der Waals surface area contributed by atoms with Crippen molar-refractivity contribution in [3.05, 3.63) is 29.3 Å². The molecule has 0 bridgehead atoms.